The van der Waals surface area contributed by atoms with Gasteiger partial charge in [0.15, 0.2) is 0 Å². The van der Waals surface area contributed by atoms with Gasteiger partial charge in [-0.2, -0.15) is 5.10 Å². The number of amides is 2. The van der Waals surface area contributed by atoms with E-state index in [9.17, 15) is 19.5 Å². The highest BCUT2D eigenvalue weighted by Crippen LogP contribution is 2.37. The molecule has 5 aromatic rings. The number of likely N-dealkylation sites (tertiary alicyclic amines) is 2. The number of aliphatic hydroxyl groups is 1. The standard InChI is InChI=1S/C34H38N8O4S/c1-22-28(47-30(37-22)27-9-14-36-39(27)3)33(45)41-16-11-24(26(19-41)23-7-5-4-6-8-23)31(43)40-17-12-34(46,13-18-40)20-42-21-35-29-25(32(42)44)10-15-38(29)2/h4-10,14-15,21,24,26,46H,11-13,16-20H2,1-3H3/t24-,26+/m1/s1. The monoisotopic (exact) mass is 654 g/mol. The number of aryl methyl sites for hydroxylation is 3. The lowest BCUT2D eigenvalue weighted by molar-refractivity contribution is -0.142. The Balaban J connectivity index is 1.05. The zero-order chi connectivity index (χ0) is 32.9. The molecule has 0 bridgehead atoms. The molecule has 0 spiro atoms. The topological polar surface area (TPSA) is 131 Å². The molecule has 1 N–H and O–H groups in total. The second-order valence-corrected chi connectivity index (χ2v) is 13.8. The number of benzene rings is 1. The highest BCUT2D eigenvalue weighted by molar-refractivity contribution is 7.17. The van der Waals surface area contributed by atoms with Gasteiger partial charge in [0.05, 0.1) is 28.9 Å². The number of rotatable bonds is 6. The summed E-state index contributed by atoms with van der Waals surface area (Å²) in [6.07, 6.45) is 6.25. The molecule has 4 aromatic heterocycles. The molecule has 1 aromatic carbocycles. The van der Waals surface area contributed by atoms with Crippen LogP contribution >= 0.6 is 11.3 Å². The van der Waals surface area contributed by atoms with Gasteiger partial charge in [0.1, 0.15) is 21.9 Å². The molecule has 2 amide bonds. The van der Waals surface area contributed by atoms with E-state index in [0.29, 0.717) is 67.0 Å². The maximum Gasteiger partial charge on any atom is 0.265 e. The van der Waals surface area contributed by atoms with E-state index in [4.69, 9.17) is 0 Å². The minimum Gasteiger partial charge on any atom is -0.388 e. The minimum atomic E-state index is -1.12. The lowest BCUT2D eigenvalue weighted by atomic mass is 9.79. The first-order chi connectivity index (χ1) is 22.6. The van der Waals surface area contributed by atoms with Crippen molar-refractivity contribution in [2.45, 2.75) is 44.2 Å². The maximum absolute atomic E-state index is 14.1. The molecular weight excluding hydrogens is 616 g/mol. The summed E-state index contributed by atoms with van der Waals surface area (Å²) in [4.78, 5) is 54.5. The number of carbonyl (C=O) groups excluding carboxylic acids is 2. The summed E-state index contributed by atoms with van der Waals surface area (Å²) in [6.45, 7) is 3.65. The third-order valence-electron chi connectivity index (χ3n) is 9.80. The van der Waals surface area contributed by atoms with Crippen LogP contribution in [-0.2, 0) is 25.4 Å². The van der Waals surface area contributed by atoms with Crippen molar-refractivity contribution in [1.29, 1.82) is 0 Å². The van der Waals surface area contributed by atoms with Crippen LogP contribution in [0.5, 0.6) is 0 Å². The van der Waals surface area contributed by atoms with Gasteiger partial charge in [-0.1, -0.05) is 30.3 Å². The van der Waals surface area contributed by atoms with Gasteiger partial charge < -0.3 is 19.5 Å². The maximum atomic E-state index is 14.1. The average Bonchev–Trinajstić information content (AvgIpc) is 3.80. The van der Waals surface area contributed by atoms with Crippen molar-refractivity contribution in [3.63, 3.8) is 0 Å². The predicted octanol–water partition coefficient (Wildman–Crippen LogP) is 3.20. The third-order valence-corrected chi connectivity index (χ3v) is 11.0. The van der Waals surface area contributed by atoms with E-state index in [0.717, 1.165) is 16.3 Å². The quantitative estimate of drug-likeness (QED) is 0.298. The molecular formula is C34H38N8O4S. The van der Waals surface area contributed by atoms with Crippen LogP contribution < -0.4 is 5.56 Å². The van der Waals surface area contributed by atoms with E-state index < -0.39 is 5.60 Å². The Labute approximate surface area is 275 Å². The van der Waals surface area contributed by atoms with E-state index in [1.807, 2.05) is 67.2 Å². The van der Waals surface area contributed by atoms with Crippen LogP contribution in [0.25, 0.3) is 21.7 Å². The molecule has 0 saturated carbocycles. The number of thiazole rings is 1. The summed E-state index contributed by atoms with van der Waals surface area (Å²) in [5.41, 5.74) is 1.87. The predicted molar refractivity (Wildman–Crippen MR) is 178 cm³/mol. The molecule has 2 saturated heterocycles. The van der Waals surface area contributed by atoms with Gasteiger partial charge in [0.2, 0.25) is 5.91 Å². The van der Waals surface area contributed by atoms with Crippen LogP contribution in [0.15, 0.2) is 66.0 Å². The van der Waals surface area contributed by atoms with E-state index in [1.54, 1.807) is 27.7 Å². The Kier molecular flexibility index (Phi) is 8.04. The van der Waals surface area contributed by atoms with Crippen molar-refractivity contribution < 1.29 is 14.7 Å². The molecule has 0 aliphatic carbocycles. The van der Waals surface area contributed by atoms with Crippen molar-refractivity contribution in [2.75, 3.05) is 26.2 Å². The second-order valence-electron chi connectivity index (χ2n) is 12.8. The van der Waals surface area contributed by atoms with Crippen molar-refractivity contribution in [2.24, 2.45) is 20.0 Å². The van der Waals surface area contributed by atoms with Crippen LogP contribution in [0.2, 0.25) is 0 Å². The Morgan fingerprint density at radius 3 is 2.53 bits per heavy atom. The number of hydrogen-bond acceptors (Lipinski definition) is 8. The van der Waals surface area contributed by atoms with Gasteiger partial charge in [-0.15, -0.1) is 11.3 Å². The van der Waals surface area contributed by atoms with E-state index in [1.165, 1.54) is 22.2 Å². The van der Waals surface area contributed by atoms with E-state index in [-0.39, 0.29) is 35.8 Å². The van der Waals surface area contributed by atoms with Crippen LogP contribution in [-0.4, -0.2) is 87.4 Å². The molecule has 2 fully saturated rings. The highest BCUT2D eigenvalue weighted by atomic mass is 32.1. The van der Waals surface area contributed by atoms with Crippen molar-refractivity contribution in [3.8, 4) is 10.7 Å². The Morgan fingerprint density at radius 1 is 1.04 bits per heavy atom. The van der Waals surface area contributed by atoms with Crippen LogP contribution in [0, 0.1) is 12.8 Å². The lowest BCUT2D eigenvalue weighted by Crippen LogP contribution is -2.53. The molecule has 2 atom stereocenters. The first-order valence-corrected chi connectivity index (χ1v) is 16.8. The summed E-state index contributed by atoms with van der Waals surface area (Å²) in [6, 6.07) is 13.6. The van der Waals surface area contributed by atoms with Gasteiger partial charge in [-0.25, -0.2) is 9.97 Å². The van der Waals surface area contributed by atoms with Crippen LogP contribution in [0.4, 0.5) is 0 Å². The Bertz CT molecular complexity index is 2000. The zero-order valence-corrected chi connectivity index (χ0v) is 27.6. The third kappa shape index (κ3) is 5.78. The van der Waals surface area contributed by atoms with Crippen molar-refractivity contribution in [3.05, 3.63) is 87.7 Å². The van der Waals surface area contributed by atoms with Gasteiger partial charge in [0, 0.05) is 64.5 Å². The van der Waals surface area contributed by atoms with Crippen molar-refractivity contribution in [1.82, 2.24) is 38.7 Å². The molecule has 7 rings (SSSR count). The normalized spacial score (nSPS) is 19.7. The van der Waals surface area contributed by atoms with Gasteiger partial charge in [-0.3, -0.25) is 23.6 Å². The number of carbonyl (C=O) groups is 2. The van der Waals surface area contributed by atoms with Gasteiger partial charge in [0.25, 0.3) is 11.5 Å². The van der Waals surface area contributed by atoms with Crippen LogP contribution in [0.1, 0.15) is 46.1 Å². The molecule has 244 valence electrons. The smallest absolute Gasteiger partial charge is 0.265 e. The molecule has 0 unspecified atom stereocenters. The first kappa shape index (κ1) is 31.0. The fraction of sp³-hybridized carbons (Fsp3) is 0.412. The van der Waals surface area contributed by atoms with Gasteiger partial charge >= 0.3 is 0 Å². The summed E-state index contributed by atoms with van der Waals surface area (Å²) in [5.74, 6) is -0.492. The molecule has 13 heteroatoms. The molecule has 0 radical (unpaired) electrons. The largest absolute Gasteiger partial charge is 0.388 e. The fourth-order valence-electron chi connectivity index (χ4n) is 7.05. The lowest BCUT2D eigenvalue weighted by Gasteiger charge is -2.43. The number of hydrogen-bond donors (Lipinski definition) is 1. The SMILES string of the molecule is Cc1nc(-c2ccnn2C)sc1C(=O)N1CC[C@@H](C(=O)N2CCC(O)(Cn3cnc4c(ccn4C)c3=O)CC2)[C@H](c2ccccc2)C1. The fourth-order valence-corrected chi connectivity index (χ4v) is 8.14. The summed E-state index contributed by atoms with van der Waals surface area (Å²) in [7, 11) is 3.69. The number of nitrogens with zero attached hydrogens (tertiary/aromatic N) is 8. The Morgan fingerprint density at radius 2 is 1.81 bits per heavy atom. The number of aromatic nitrogens is 6. The van der Waals surface area contributed by atoms with E-state index in [2.05, 4.69) is 15.1 Å². The second kappa shape index (κ2) is 12.2. The van der Waals surface area contributed by atoms with E-state index >= 15 is 0 Å². The first-order valence-electron chi connectivity index (χ1n) is 15.9. The van der Waals surface area contributed by atoms with Crippen molar-refractivity contribution >= 4 is 34.2 Å². The Hall–Kier alpha value is -4.62. The number of fused-ring (bicyclic) bond motifs is 1. The molecule has 6 heterocycles. The summed E-state index contributed by atoms with van der Waals surface area (Å²) < 4.78 is 5.02. The summed E-state index contributed by atoms with van der Waals surface area (Å²) in [5, 5.41) is 17.0. The highest BCUT2D eigenvalue weighted by Gasteiger charge is 2.42. The van der Waals surface area contributed by atoms with Gasteiger partial charge in [-0.05, 0) is 43.9 Å². The summed E-state index contributed by atoms with van der Waals surface area (Å²) >= 11 is 1.37. The molecule has 2 aliphatic rings. The number of piperidine rings is 2. The average molecular weight is 655 g/mol. The van der Waals surface area contributed by atoms with Crippen LogP contribution in [0.3, 0.4) is 0 Å². The minimum absolute atomic E-state index is 0.0463. The molecule has 12 nitrogen and oxygen atoms in total. The molecule has 47 heavy (non-hydrogen) atoms. The molecule has 2 aliphatic heterocycles. The zero-order valence-electron chi connectivity index (χ0n) is 26.7.